The molecule has 0 aliphatic carbocycles. The van der Waals surface area contributed by atoms with Crippen LogP contribution in [0.4, 0.5) is 22.7 Å². The summed E-state index contributed by atoms with van der Waals surface area (Å²) in [6, 6.07) is 13.9. The molecular weight excluding hydrogens is 570 g/mol. The Morgan fingerprint density at radius 3 is 2.58 bits per heavy atom. The molecule has 0 bridgehead atoms. The van der Waals surface area contributed by atoms with Gasteiger partial charge in [-0.05, 0) is 70.4 Å². The molecule has 0 aliphatic rings. The molecule has 0 fully saturated rings. The highest BCUT2D eigenvalue weighted by Crippen LogP contribution is 2.37. The Morgan fingerprint density at radius 1 is 1.07 bits per heavy atom. The summed E-state index contributed by atoms with van der Waals surface area (Å²) < 4.78 is 11.0. The molecule has 43 heavy (non-hydrogen) atoms. The molecule has 4 rings (SSSR count). The number of ether oxygens (including phenoxy) is 2. The Labute approximate surface area is 254 Å². The van der Waals surface area contributed by atoms with Crippen molar-refractivity contribution in [2.45, 2.75) is 19.8 Å². The van der Waals surface area contributed by atoms with Gasteiger partial charge in [0.15, 0.2) is 5.69 Å². The first-order valence-corrected chi connectivity index (χ1v) is 13.9. The lowest BCUT2D eigenvalue weighted by molar-refractivity contribution is -0.116. The number of halogens is 1. The number of hydrogen-bond donors (Lipinski definition) is 3. The van der Waals surface area contributed by atoms with Crippen molar-refractivity contribution in [1.29, 1.82) is 5.26 Å². The number of hydrogen-bond acceptors (Lipinski definition) is 9. The second-order valence-corrected chi connectivity index (χ2v) is 10.1. The first-order chi connectivity index (χ1) is 20.7. The van der Waals surface area contributed by atoms with E-state index < -0.39 is 5.91 Å². The summed E-state index contributed by atoms with van der Waals surface area (Å²) in [5.41, 5.74) is 2.86. The lowest BCUT2D eigenvalue weighted by atomic mass is 10.1. The fourth-order valence-corrected chi connectivity index (χ4v) is 4.55. The first-order valence-electron chi connectivity index (χ1n) is 13.5. The van der Waals surface area contributed by atoms with Crippen molar-refractivity contribution in [3.63, 3.8) is 0 Å². The van der Waals surface area contributed by atoms with E-state index in [1.54, 1.807) is 42.5 Å². The van der Waals surface area contributed by atoms with Crippen molar-refractivity contribution < 1.29 is 19.1 Å². The fourth-order valence-electron chi connectivity index (χ4n) is 4.33. The minimum atomic E-state index is -0.478. The number of methoxy groups -OCH3 is 1. The van der Waals surface area contributed by atoms with Crippen molar-refractivity contribution in [3.8, 4) is 17.6 Å². The fraction of sp³-hybridized carbons (Fsp3) is 0.258. The minimum Gasteiger partial charge on any atom is -0.494 e. The summed E-state index contributed by atoms with van der Waals surface area (Å²) in [6.45, 7) is 3.04. The SMILES string of the molecule is CCOc1cc2ncc(C#N)c(Nc3ccc(NC(=O)c4ncccc4OC)c(Cl)c3)c2cc1NC(=O)CCCN(C)C. The average molecular weight is 602 g/mol. The lowest BCUT2D eigenvalue weighted by Gasteiger charge is -2.17. The Balaban J connectivity index is 1.64. The third-order valence-electron chi connectivity index (χ3n) is 6.37. The second-order valence-electron chi connectivity index (χ2n) is 9.74. The molecule has 2 amide bonds. The number of anilines is 4. The van der Waals surface area contributed by atoms with E-state index in [-0.39, 0.29) is 22.2 Å². The largest absolute Gasteiger partial charge is 0.494 e. The maximum Gasteiger partial charge on any atom is 0.278 e. The van der Waals surface area contributed by atoms with Gasteiger partial charge >= 0.3 is 0 Å². The molecule has 2 aromatic heterocycles. The molecule has 0 saturated carbocycles. The van der Waals surface area contributed by atoms with Gasteiger partial charge in [0.2, 0.25) is 5.91 Å². The highest BCUT2D eigenvalue weighted by Gasteiger charge is 2.18. The molecule has 0 radical (unpaired) electrons. The Kier molecular flexibility index (Phi) is 10.3. The van der Waals surface area contributed by atoms with Crippen molar-refractivity contribution in [3.05, 3.63) is 71.1 Å². The van der Waals surface area contributed by atoms with Gasteiger partial charge in [0.1, 0.15) is 17.6 Å². The maximum absolute atomic E-state index is 12.8. The van der Waals surface area contributed by atoms with Crippen LogP contribution in [0.15, 0.2) is 54.9 Å². The molecule has 2 aromatic carbocycles. The van der Waals surface area contributed by atoms with Crippen LogP contribution < -0.4 is 25.4 Å². The van der Waals surface area contributed by atoms with Crippen LogP contribution in [0.2, 0.25) is 5.02 Å². The van der Waals surface area contributed by atoms with Crippen molar-refractivity contribution in [2.75, 3.05) is 50.3 Å². The number of amides is 2. The van der Waals surface area contributed by atoms with E-state index in [1.165, 1.54) is 19.5 Å². The van der Waals surface area contributed by atoms with E-state index in [9.17, 15) is 14.9 Å². The van der Waals surface area contributed by atoms with Gasteiger partial charge in [0.05, 0.1) is 46.9 Å². The topological polar surface area (TPSA) is 142 Å². The average Bonchev–Trinajstić information content (AvgIpc) is 2.99. The number of carbonyl (C=O) groups excluding carboxylic acids is 2. The monoisotopic (exact) mass is 601 g/mol. The number of pyridine rings is 2. The summed E-state index contributed by atoms with van der Waals surface area (Å²) in [7, 11) is 5.37. The number of aromatic nitrogens is 2. The van der Waals surface area contributed by atoms with Crippen molar-refractivity contribution in [1.82, 2.24) is 14.9 Å². The third kappa shape index (κ3) is 7.68. The highest BCUT2D eigenvalue weighted by molar-refractivity contribution is 6.34. The number of rotatable bonds is 12. The first kappa shape index (κ1) is 31.0. The van der Waals surface area contributed by atoms with E-state index in [4.69, 9.17) is 21.1 Å². The zero-order chi connectivity index (χ0) is 30.9. The van der Waals surface area contributed by atoms with Crippen LogP contribution in [-0.2, 0) is 4.79 Å². The molecular formula is C31H32ClN7O4. The summed E-state index contributed by atoms with van der Waals surface area (Å²) in [6.07, 6.45) is 4.02. The Hall–Kier alpha value is -4.92. The van der Waals surface area contributed by atoms with Gasteiger partial charge in [-0.25, -0.2) is 4.98 Å². The van der Waals surface area contributed by atoms with Crippen molar-refractivity contribution >= 4 is 57.1 Å². The molecule has 0 aliphatic heterocycles. The number of nitriles is 1. The standard InChI is InChI=1S/C31H32ClN7O4/c1-5-43-27-16-24-21(15-25(27)37-28(40)9-7-13-39(2)3)29(19(17-33)18-35-24)36-20-10-11-23(22(32)14-20)38-31(41)30-26(42-4)8-6-12-34-30/h6,8,10-12,14-16,18H,5,7,9,13H2,1-4H3,(H,35,36)(H,37,40)(H,38,41). The number of fused-ring (bicyclic) bond motifs is 1. The van der Waals surface area contributed by atoms with E-state index in [0.29, 0.717) is 64.6 Å². The normalized spacial score (nSPS) is 10.7. The smallest absolute Gasteiger partial charge is 0.278 e. The van der Waals surface area contributed by atoms with Crippen LogP contribution in [-0.4, -0.2) is 61.0 Å². The summed E-state index contributed by atoms with van der Waals surface area (Å²) in [5.74, 6) is 0.188. The Bertz CT molecular complexity index is 1690. The van der Waals surface area contributed by atoms with Crippen LogP contribution in [0.5, 0.6) is 11.5 Å². The molecule has 0 unspecified atom stereocenters. The van der Waals surface area contributed by atoms with Gasteiger partial charge in [0, 0.05) is 36.0 Å². The molecule has 4 aromatic rings. The van der Waals surface area contributed by atoms with Gasteiger partial charge in [0.25, 0.3) is 5.91 Å². The molecule has 222 valence electrons. The molecule has 3 N–H and O–H groups in total. The van der Waals surface area contributed by atoms with Crippen LogP contribution >= 0.6 is 11.6 Å². The van der Waals surface area contributed by atoms with E-state index >= 15 is 0 Å². The van der Waals surface area contributed by atoms with Crippen LogP contribution in [0.3, 0.4) is 0 Å². The van der Waals surface area contributed by atoms with Crippen LogP contribution in [0, 0.1) is 11.3 Å². The van der Waals surface area contributed by atoms with Crippen LogP contribution in [0.25, 0.3) is 10.9 Å². The number of benzene rings is 2. The molecule has 11 nitrogen and oxygen atoms in total. The second kappa shape index (κ2) is 14.3. The van der Waals surface area contributed by atoms with Crippen molar-refractivity contribution in [2.24, 2.45) is 0 Å². The van der Waals surface area contributed by atoms with E-state index in [2.05, 4.69) is 32.0 Å². The summed E-state index contributed by atoms with van der Waals surface area (Å²) >= 11 is 6.54. The predicted octanol–water partition coefficient (Wildman–Crippen LogP) is 5.84. The van der Waals surface area contributed by atoms with Gasteiger partial charge in [-0.15, -0.1) is 0 Å². The quantitative estimate of drug-likeness (QED) is 0.183. The van der Waals surface area contributed by atoms with Gasteiger partial charge in [-0.1, -0.05) is 11.6 Å². The van der Waals surface area contributed by atoms with Gasteiger partial charge in [-0.2, -0.15) is 5.26 Å². The molecule has 12 heteroatoms. The zero-order valence-electron chi connectivity index (χ0n) is 24.3. The molecule has 0 saturated heterocycles. The summed E-state index contributed by atoms with van der Waals surface area (Å²) in [5, 5.41) is 19.7. The lowest BCUT2D eigenvalue weighted by Crippen LogP contribution is -2.17. The zero-order valence-corrected chi connectivity index (χ0v) is 25.1. The molecule has 0 spiro atoms. The van der Waals surface area contributed by atoms with Gasteiger partial charge in [-0.3, -0.25) is 14.6 Å². The number of nitrogens with one attached hydrogen (secondary N) is 3. The maximum atomic E-state index is 12.8. The van der Waals surface area contributed by atoms with Crippen LogP contribution in [0.1, 0.15) is 35.8 Å². The summed E-state index contributed by atoms with van der Waals surface area (Å²) in [4.78, 5) is 36.1. The predicted molar refractivity (Wildman–Crippen MR) is 168 cm³/mol. The molecule has 0 atom stereocenters. The van der Waals surface area contributed by atoms with E-state index in [1.807, 2.05) is 25.9 Å². The number of nitrogens with zero attached hydrogens (tertiary/aromatic N) is 4. The molecule has 2 heterocycles. The third-order valence-corrected chi connectivity index (χ3v) is 6.68. The van der Waals surface area contributed by atoms with E-state index in [0.717, 1.165) is 6.54 Å². The van der Waals surface area contributed by atoms with Gasteiger partial charge < -0.3 is 30.3 Å². The minimum absolute atomic E-state index is 0.122. The highest BCUT2D eigenvalue weighted by atomic mass is 35.5. The number of carbonyl (C=O) groups is 2. The Morgan fingerprint density at radius 2 is 1.88 bits per heavy atom.